The van der Waals surface area contributed by atoms with E-state index in [1.807, 2.05) is 24.3 Å². The average Bonchev–Trinajstić information content (AvgIpc) is 2.41. The van der Waals surface area contributed by atoms with Crippen molar-refractivity contribution in [3.8, 4) is 0 Å². The van der Waals surface area contributed by atoms with Gasteiger partial charge in [0.25, 0.3) is 0 Å². The molecular formula is C14H10N2O2. The van der Waals surface area contributed by atoms with Gasteiger partial charge in [-0.3, -0.25) is 9.59 Å². The Labute approximate surface area is 103 Å². The Hall–Kier alpha value is -2.62. The minimum Gasteiger partial charge on any atom is -0.394 e. The molecule has 0 atom stereocenters. The lowest BCUT2D eigenvalue weighted by Gasteiger charge is -2.16. The third-order valence-electron chi connectivity index (χ3n) is 3.15. The number of nitrogens with two attached hydrogens (primary N) is 2. The minimum absolute atomic E-state index is 0.164. The molecule has 2 aromatic carbocycles. The molecule has 0 spiro atoms. The molecule has 2 aromatic rings. The van der Waals surface area contributed by atoms with Gasteiger partial charge in [0.1, 0.15) is 11.4 Å². The number of carbonyl (C=O) groups excluding carboxylic acids is 2. The average molecular weight is 238 g/mol. The van der Waals surface area contributed by atoms with Gasteiger partial charge in [0.05, 0.1) is 0 Å². The van der Waals surface area contributed by atoms with Crippen LogP contribution in [0.25, 0.3) is 10.8 Å². The highest BCUT2D eigenvalue weighted by atomic mass is 16.1. The first-order valence-corrected chi connectivity index (χ1v) is 5.47. The minimum atomic E-state index is -0.382. The number of rotatable bonds is 0. The number of allylic oxidation sites excluding steroid dienone is 2. The molecule has 0 amide bonds. The summed E-state index contributed by atoms with van der Waals surface area (Å²) in [6, 6.07) is 10.9. The van der Waals surface area contributed by atoms with Gasteiger partial charge in [-0.15, -0.1) is 0 Å². The maximum Gasteiger partial charge on any atom is 0.211 e. The number of Topliss-reactive ketones (excluding diaryl/α,β-unsaturated/α-hetero) is 2. The van der Waals surface area contributed by atoms with E-state index in [-0.39, 0.29) is 23.0 Å². The molecule has 0 unspecified atom stereocenters. The summed E-state index contributed by atoms with van der Waals surface area (Å²) in [5.41, 5.74) is 11.4. The van der Waals surface area contributed by atoms with Crippen molar-refractivity contribution in [2.75, 3.05) is 0 Å². The highest BCUT2D eigenvalue weighted by Gasteiger charge is 2.29. The monoisotopic (exact) mass is 238 g/mol. The highest BCUT2D eigenvalue weighted by molar-refractivity contribution is 6.27. The molecule has 0 fully saturated rings. The van der Waals surface area contributed by atoms with Crippen LogP contribution in [-0.4, -0.2) is 11.6 Å². The Morgan fingerprint density at radius 1 is 0.722 bits per heavy atom. The van der Waals surface area contributed by atoms with E-state index in [2.05, 4.69) is 0 Å². The molecule has 0 heterocycles. The lowest BCUT2D eigenvalue weighted by atomic mass is 9.88. The second kappa shape index (κ2) is 3.43. The van der Waals surface area contributed by atoms with Crippen molar-refractivity contribution in [2.24, 2.45) is 11.5 Å². The molecule has 0 saturated carbocycles. The second-order valence-corrected chi connectivity index (χ2v) is 4.23. The van der Waals surface area contributed by atoms with E-state index in [1.54, 1.807) is 12.1 Å². The Kier molecular flexibility index (Phi) is 2.01. The molecule has 0 saturated heterocycles. The smallest absolute Gasteiger partial charge is 0.211 e. The van der Waals surface area contributed by atoms with Crippen LogP contribution in [0.4, 0.5) is 0 Å². The molecule has 0 radical (unpaired) electrons. The van der Waals surface area contributed by atoms with E-state index in [1.165, 1.54) is 0 Å². The lowest BCUT2D eigenvalue weighted by Crippen LogP contribution is -2.30. The number of hydrogen-bond acceptors (Lipinski definition) is 4. The van der Waals surface area contributed by atoms with E-state index in [0.29, 0.717) is 11.1 Å². The van der Waals surface area contributed by atoms with E-state index < -0.39 is 0 Å². The van der Waals surface area contributed by atoms with Crippen LogP contribution in [0.5, 0.6) is 0 Å². The van der Waals surface area contributed by atoms with Gasteiger partial charge in [-0.25, -0.2) is 0 Å². The molecule has 1 aliphatic rings. The lowest BCUT2D eigenvalue weighted by molar-refractivity contribution is 0.0972. The number of fused-ring (bicyclic) bond motifs is 2. The van der Waals surface area contributed by atoms with Gasteiger partial charge >= 0.3 is 0 Å². The Bertz CT molecular complexity index is 682. The molecule has 1 aliphatic carbocycles. The van der Waals surface area contributed by atoms with Crippen LogP contribution < -0.4 is 11.5 Å². The molecule has 0 aliphatic heterocycles. The van der Waals surface area contributed by atoms with Gasteiger partial charge in [0.15, 0.2) is 0 Å². The molecule has 88 valence electrons. The summed E-state index contributed by atoms with van der Waals surface area (Å²) in [6.07, 6.45) is 0. The summed E-state index contributed by atoms with van der Waals surface area (Å²) in [5, 5.41) is 1.79. The first kappa shape index (κ1) is 10.5. The Morgan fingerprint density at radius 3 is 1.50 bits per heavy atom. The van der Waals surface area contributed by atoms with Crippen LogP contribution in [0.1, 0.15) is 20.7 Å². The topological polar surface area (TPSA) is 86.2 Å². The highest BCUT2D eigenvalue weighted by Crippen LogP contribution is 2.26. The van der Waals surface area contributed by atoms with Crippen LogP contribution in [0, 0.1) is 0 Å². The molecule has 0 aromatic heterocycles. The predicted molar refractivity (Wildman–Crippen MR) is 68.0 cm³/mol. The molecule has 4 heteroatoms. The zero-order valence-electron chi connectivity index (χ0n) is 9.44. The van der Waals surface area contributed by atoms with Crippen molar-refractivity contribution in [3.63, 3.8) is 0 Å². The third-order valence-corrected chi connectivity index (χ3v) is 3.15. The van der Waals surface area contributed by atoms with Crippen molar-refractivity contribution in [1.29, 1.82) is 0 Å². The summed E-state index contributed by atoms with van der Waals surface area (Å²) >= 11 is 0. The van der Waals surface area contributed by atoms with Gasteiger partial charge in [0.2, 0.25) is 11.6 Å². The molecule has 0 bridgehead atoms. The van der Waals surface area contributed by atoms with Crippen molar-refractivity contribution >= 4 is 22.3 Å². The van der Waals surface area contributed by atoms with Crippen LogP contribution in [0.3, 0.4) is 0 Å². The van der Waals surface area contributed by atoms with Crippen LogP contribution in [0.2, 0.25) is 0 Å². The van der Waals surface area contributed by atoms with E-state index >= 15 is 0 Å². The van der Waals surface area contributed by atoms with Gasteiger partial charge in [-0.05, 0) is 22.9 Å². The zero-order chi connectivity index (χ0) is 12.9. The quantitative estimate of drug-likeness (QED) is 0.725. The van der Waals surface area contributed by atoms with Crippen molar-refractivity contribution in [2.45, 2.75) is 0 Å². The van der Waals surface area contributed by atoms with Crippen molar-refractivity contribution in [3.05, 3.63) is 58.9 Å². The molecule has 4 N–H and O–H groups in total. The first-order valence-electron chi connectivity index (χ1n) is 5.47. The first-order chi connectivity index (χ1) is 8.59. The van der Waals surface area contributed by atoms with Gasteiger partial charge in [0, 0.05) is 11.1 Å². The van der Waals surface area contributed by atoms with E-state index in [0.717, 1.165) is 10.8 Å². The van der Waals surface area contributed by atoms with E-state index in [4.69, 9.17) is 11.5 Å². The van der Waals surface area contributed by atoms with Crippen molar-refractivity contribution in [1.82, 2.24) is 0 Å². The maximum atomic E-state index is 12.0. The van der Waals surface area contributed by atoms with Crippen LogP contribution >= 0.6 is 0 Å². The summed E-state index contributed by atoms with van der Waals surface area (Å²) in [7, 11) is 0. The van der Waals surface area contributed by atoms with E-state index in [9.17, 15) is 9.59 Å². The summed E-state index contributed by atoms with van der Waals surface area (Å²) in [6.45, 7) is 0. The summed E-state index contributed by atoms with van der Waals surface area (Å²) in [5.74, 6) is -0.763. The number of benzene rings is 2. The maximum absolute atomic E-state index is 12.0. The van der Waals surface area contributed by atoms with Crippen LogP contribution in [0.15, 0.2) is 47.8 Å². The molecular weight excluding hydrogens is 228 g/mol. The third kappa shape index (κ3) is 1.26. The fraction of sp³-hybridized carbons (Fsp3) is 0. The SMILES string of the molecule is NC1=C(N)C(=O)c2cc3ccccc3cc2C1=O. The van der Waals surface area contributed by atoms with Gasteiger partial charge in [-0.2, -0.15) is 0 Å². The second-order valence-electron chi connectivity index (χ2n) is 4.23. The number of ketones is 2. The fourth-order valence-corrected chi connectivity index (χ4v) is 2.15. The Balaban J connectivity index is 2.38. The van der Waals surface area contributed by atoms with Gasteiger partial charge < -0.3 is 11.5 Å². The van der Waals surface area contributed by atoms with Crippen LogP contribution in [-0.2, 0) is 0 Å². The standard InChI is InChI=1S/C14H10N2O2/c15-11-12(16)14(18)10-6-8-4-2-1-3-7(8)5-9(10)13(11)17/h1-6H,15-16H2. The molecule has 3 rings (SSSR count). The Morgan fingerprint density at radius 2 is 1.11 bits per heavy atom. The van der Waals surface area contributed by atoms with Gasteiger partial charge in [-0.1, -0.05) is 24.3 Å². The number of carbonyl (C=O) groups is 2. The summed E-state index contributed by atoms with van der Waals surface area (Å²) < 4.78 is 0. The van der Waals surface area contributed by atoms with Crippen molar-refractivity contribution < 1.29 is 9.59 Å². The normalized spacial score (nSPS) is 15.1. The zero-order valence-corrected chi connectivity index (χ0v) is 9.44. The largest absolute Gasteiger partial charge is 0.394 e. The fourth-order valence-electron chi connectivity index (χ4n) is 2.15. The molecule has 4 nitrogen and oxygen atoms in total. The molecule has 18 heavy (non-hydrogen) atoms. The predicted octanol–water partition coefficient (Wildman–Crippen LogP) is 1.35. The number of hydrogen-bond donors (Lipinski definition) is 2. The summed E-state index contributed by atoms with van der Waals surface area (Å²) in [4.78, 5) is 24.0.